The van der Waals surface area contributed by atoms with Gasteiger partial charge in [-0.05, 0) is 55.7 Å². The average Bonchev–Trinajstić information content (AvgIpc) is 3.47. The van der Waals surface area contributed by atoms with Crippen molar-refractivity contribution in [3.05, 3.63) is 93.5 Å². The maximum absolute atomic E-state index is 13.4. The van der Waals surface area contributed by atoms with Crippen LogP contribution >= 0.6 is 11.3 Å². The second-order valence-electron chi connectivity index (χ2n) is 9.39. The Balaban J connectivity index is 1.46. The second kappa shape index (κ2) is 9.75. The summed E-state index contributed by atoms with van der Waals surface area (Å²) in [6.45, 7) is 3.97. The molecule has 4 aromatic rings. The maximum atomic E-state index is 13.4. The van der Waals surface area contributed by atoms with Crippen LogP contribution in [0.3, 0.4) is 0 Å². The van der Waals surface area contributed by atoms with Crippen LogP contribution < -0.4 is 5.32 Å². The highest BCUT2D eigenvalue weighted by Crippen LogP contribution is 2.36. The van der Waals surface area contributed by atoms with Crippen LogP contribution in [0.1, 0.15) is 42.3 Å². The Hall–Kier alpha value is -3.92. The van der Waals surface area contributed by atoms with Gasteiger partial charge < -0.3 is 5.32 Å². The molecule has 0 saturated carbocycles. The molecule has 5 rings (SSSR count). The van der Waals surface area contributed by atoms with Crippen LogP contribution in [-0.4, -0.2) is 39.1 Å². The summed E-state index contributed by atoms with van der Waals surface area (Å²) in [4.78, 5) is 28.3. The molecule has 38 heavy (non-hydrogen) atoms. The summed E-state index contributed by atoms with van der Waals surface area (Å²) in [6.07, 6.45) is -2.51. The first kappa shape index (κ1) is 25.7. The topological polar surface area (TPSA) is 67.2 Å². The molecule has 1 N–H and O–H groups in total. The zero-order chi connectivity index (χ0) is 27.2. The molecule has 2 aromatic carbocycles. The fraction of sp³-hybridized carbons (Fsp3) is 0.250. The molecule has 1 aliphatic rings. The van der Waals surface area contributed by atoms with E-state index in [1.54, 1.807) is 41.2 Å². The van der Waals surface area contributed by atoms with E-state index in [0.717, 1.165) is 38.8 Å². The molecule has 0 unspecified atom stereocenters. The van der Waals surface area contributed by atoms with Crippen molar-refractivity contribution in [2.24, 2.45) is 7.05 Å². The van der Waals surface area contributed by atoms with E-state index in [9.17, 15) is 22.8 Å². The molecule has 2 amide bonds. The van der Waals surface area contributed by atoms with E-state index in [2.05, 4.69) is 10.4 Å². The quantitative estimate of drug-likeness (QED) is 0.289. The number of anilines is 1. The fourth-order valence-corrected chi connectivity index (χ4v) is 5.87. The van der Waals surface area contributed by atoms with Gasteiger partial charge in [0, 0.05) is 30.1 Å². The predicted molar refractivity (Wildman–Crippen MR) is 140 cm³/mol. The van der Waals surface area contributed by atoms with E-state index < -0.39 is 29.6 Å². The van der Waals surface area contributed by atoms with Crippen LogP contribution in [0.15, 0.2) is 60.8 Å². The molecule has 0 saturated heterocycles. The Morgan fingerprint density at radius 3 is 2.26 bits per heavy atom. The maximum Gasteiger partial charge on any atom is 0.416 e. The van der Waals surface area contributed by atoms with Gasteiger partial charge in [0.15, 0.2) is 0 Å². The first-order valence-corrected chi connectivity index (χ1v) is 12.8. The summed E-state index contributed by atoms with van der Waals surface area (Å²) in [7, 11) is 1.87. The Kier molecular flexibility index (Phi) is 6.60. The van der Waals surface area contributed by atoms with Crippen molar-refractivity contribution in [3.8, 4) is 11.3 Å². The first-order valence-electron chi connectivity index (χ1n) is 12.0. The monoisotopic (exact) mass is 538 g/mol. The number of nitrogens with zero attached hydrogens (tertiary/aromatic N) is 3. The number of aromatic nitrogens is 2. The van der Waals surface area contributed by atoms with Crippen LogP contribution in [0.4, 0.5) is 18.2 Å². The number of imide groups is 1. The van der Waals surface area contributed by atoms with Gasteiger partial charge in [0.1, 0.15) is 0 Å². The fourth-order valence-electron chi connectivity index (χ4n) is 4.87. The number of fused-ring (bicyclic) bond motifs is 1. The molecular weight excluding hydrogens is 513 g/mol. The SMILES string of the molecule is Cc1cnn(C)c1-c1cc(N[C@@H](Cc2cccc(C(F)(F)F)c2)CN2C(=O)c3ccccc3C2=O)sc1C. The van der Waals surface area contributed by atoms with Crippen molar-refractivity contribution in [1.82, 2.24) is 14.7 Å². The minimum atomic E-state index is -4.47. The lowest BCUT2D eigenvalue weighted by molar-refractivity contribution is -0.137. The first-order chi connectivity index (χ1) is 18.0. The number of aryl methyl sites for hydroxylation is 3. The summed E-state index contributed by atoms with van der Waals surface area (Å²) in [6, 6.07) is 13.2. The van der Waals surface area contributed by atoms with E-state index in [0.29, 0.717) is 16.7 Å². The number of carbonyl (C=O) groups is 2. The van der Waals surface area contributed by atoms with Gasteiger partial charge in [0.25, 0.3) is 11.8 Å². The zero-order valence-electron chi connectivity index (χ0n) is 21.0. The smallest absolute Gasteiger partial charge is 0.372 e. The van der Waals surface area contributed by atoms with Crippen molar-refractivity contribution in [3.63, 3.8) is 0 Å². The number of nitrogens with one attached hydrogen (secondary N) is 1. The van der Waals surface area contributed by atoms with Gasteiger partial charge in [0.2, 0.25) is 0 Å². The van der Waals surface area contributed by atoms with Gasteiger partial charge in [-0.3, -0.25) is 19.2 Å². The average molecular weight is 539 g/mol. The summed E-state index contributed by atoms with van der Waals surface area (Å²) >= 11 is 1.50. The Morgan fingerprint density at radius 1 is 0.974 bits per heavy atom. The van der Waals surface area contributed by atoms with Gasteiger partial charge in [-0.25, -0.2) is 0 Å². The molecule has 0 spiro atoms. The van der Waals surface area contributed by atoms with Crippen LogP contribution in [0, 0.1) is 13.8 Å². The normalized spacial score (nSPS) is 14.2. The molecule has 2 aromatic heterocycles. The largest absolute Gasteiger partial charge is 0.416 e. The number of thiophene rings is 1. The Morgan fingerprint density at radius 2 is 1.66 bits per heavy atom. The lowest BCUT2D eigenvalue weighted by Crippen LogP contribution is -2.41. The molecule has 0 fully saturated rings. The van der Waals surface area contributed by atoms with Crippen molar-refractivity contribution in [1.29, 1.82) is 0 Å². The number of benzene rings is 2. The Labute approximate surface area is 221 Å². The van der Waals surface area contributed by atoms with E-state index >= 15 is 0 Å². The predicted octanol–water partition coefficient (Wildman–Crippen LogP) is 6.10. The molecule has 0 bridgehead atoms. The summed E-state index contributed by atoms with van der Waals surface area (Å²) in [5.41, 5.74) is 3.36. The molecule has 10 heteroatoms. The van der Waals surface area contributed by atoms with Gasteiger partial charge in [-0.15, -0.1) is 11.3 Å². The minimum absolute atomic E-state index is 0.000386. The van der Waals surface area contributed by atoms with Crippen molar-refractivity contribution < 1.29 is 22.8 Å². The molecule has 196 valence electrons. The number of hydrogen-bond acceptors (Lipinski definition) is 5. The van der Waals surface area contributed by atoms with Crippen LogP contribution in [0.5, 0.6) is 0 Å². The second-order valence-corrected chi connectivity index (χ2v) is 10.6. The molecule has 1 aliphatic heterocycles. The number of alkyl halides is 3. The van der Waals surface area contributed by atoms with Gasteiger partial charge in [-0.2, -0.15) is 18.3 Å². The van der Waals surface area contributed by atoms with E-state index in [1.165, 1.54) is 22.3 Å². The van der Waals surface area contributed by atoms with Crippen LogP contribution in [-0.2, 0) is 19.6 Å². The highest BCUT2D eigenvalue weighted by molar-refractivity contribution is 7.16. The highest BCUT2D eigenvalue weighted by atomic mass is 32.1. The molecule has 3 heterocycles. The number of halogens is 3. The summed E-state index contributed by atoms with van der Waals surface area (Å²) in [5, 5.41) is 8.51. The number of amides is 2. The number of carbonyl (C=O) groups excluding carboxylic acids is 2. The molecule has 6 nitrogen and oxygen atoms in total. The van der Waals surface area contributed by atoms with E-state index in [1.807, 2.05) is 27.0 Å². The molecule has 1 atom stereocenters. The van der Waals surface area contributed by atoms with Crippen LogP contribution in [0.25, 0.3) is 11.3 Å². The Bertz CT molecular complexity index is 1480. The van der Waals surface area contributed by atoms with Crippen molar-refractivity contribution in [2.75, 3.05) is 11.9 Å². The minimum Gasteiger partial charge on any atom is -0.372 e. The van der Waals surface area contributed by atoms with Crippen molar-refractivity contribution >= 4 is 28.2 Å². The lowest BCUT2D eigenvalue weighted by atomic mass is 10.0. The zero-order valence-corrected chi connectivity index (χ0v) is 21.8. The number of rotatable bonds is 7. The van der Waals surface area contributed by atoms with E-state index in [4.69, 9.17) is 0 Å². The van der Waals surface area contributed by atoms with Gasteiger partial charge in [-0.1, -0.05) is 30.3 Å². The third-order valence-electron chi connectivity index (χ3n) is 6.66. The molecule has 0 aliphatic carbocycles. The summed E-state index contributed by atoms with van der Waals surface area (Å²) in [5.74, 6) is -0.815. The lowest BCUT2D eigenvalue weighted by Gasteiger charge is -2.24. The summed E-state index contributed by atoms with van der Waals surface area (Å²) < 4.78 is 41.9. The third kappa shape index (κ3) is 4.83. The van der Waals surface area contributed by atoms with Gasteiger partial charge >= 0.3 is 6.18 Å². The molecular formula is C28H25F3N4O2S. The third-order valence-corrected chi connectivity index (χ3v) is 7.64. The van der Waals surface area contributed by atoms with Crippen molar-refractivity contribution in [2.45, 2.75) is 32.5 Å². The highest BCUT2D eigenvalue weighted by Gasteiger charge is 2.37. The van der Waals surface area contributed by atoms with Crippen LogP contribution in [0.2, 0.25) is 0 Å². The van der Waals surface area contributed by atoms with Gasteiger partial charge in [0.05, 0.1) is 33.6 Å². The van der Waals surface area contributed by atoms with E-state index in [-0.39, 0.29) is 13.0 Å². The standard InChI is InChI=1S/C28H25F3N4O2S/c1-16-14-32-34(3)25(16)23-13-24(38-17(23)2)33-20(12-18-7-6-8-19(11-18)28(29,30)31)15-35-26(36)21-9-4-5-10-22(21)27(35)37/h4-11,13-14,20,33H,12,15H2,1-3H3/t20-/m0/s1. The number of hydrogen-bond donors (Lipinski definition) is 1. The molecule has 0 radical (unpaired) electrons.